The molecule has 0 aliphatic heterocycles. The Hall–Kier alpha value is -0.750. The molecule has 4 nitrogen and oxygen atoms in total. The summed E-state index contributed by atoms with van der Waals surface area (Å²) in [5.41, 5.74) is 0. The molecule has 2 atom stereocenters. The minimum absolute atomic E-state index is 0.0638. The van der Waals surface area contributed by atoms with Crippen LogP contribution in [-0.4, -0.2) is 30.7 Å². The number of aryl methyl sites for hydroxylation is 1. The van der Waals surface area contributed by atoms with Crippen molar-refractivity contribution in [2.24, 2.45) is 5.92 Å². The smallest absolute Gasteiger partial charge is 0.177 e. The van der Waals surface area contributed by atoms with E-state index in [0.29, 0.717) is 17.7 Å². The molecule has 1 fully saturated rings. The van der Waals surface area contributed by atoms with Gasteiger partial charge in [-0.2, -0.15) is 0 Å². The fourth-order valence-electron chi connectivity index (χ4n) is 2.45. The molecule has 1 aliphatic rings. The third-order valence-corrected chi connectivity index (χ3v) is 6.03. The normalized spacial score (nSPS) is 25.0. The highest BCUT2D eigenvalue weighted by atomic mass is 32.2. The van der Waals surface area contributed by atoms with Crippen molar-refractivity contribution in [2.45, 2.75) is 37.9 Å². The first-order valence-electron chi connectivity index (χ1n) is 6.03. The molecule has 18 heavy (non-hydrogen) atoms. The van der Waals surface area contributed by atoms with Crippen LogP contribution in [0, 0.1) is 12.8 Å². The third kappa shape index (κ3) is 2.98. The van der Waals surface area contributed by atoms with E-state index in [4.69, 9.17) is 0 Å². The molecule has 0 radical (unpaired) electrons. The van der Waals surface area contributed by atoms with Gasteiger partial charge in [0.2, 0.25) is 0 Å². The fourth-order valence-corrected chi connectivity index (χ4v) is 4.42. The highest BCUT2D eigenvalue weighted by Crippen LogP contribution is 2.31. The van der Waals surface area contributed by atoms with Crippen LogP contribution in [0.3, 0.4) is 0 Å². The van der Waals surface area contributed by atoms with Gasteiger partial charge in [-0.25, -0.2) is 13.4 Å². The summed E-state index contributed by atoms with van der Waals surface area (Å²) in [6.45, 7) is 1.86. The number of rotatable bonds is 3. The fraction of sp³-hybridized carbons (Fsp3) is 0.667. The molecular formula is C12H17NO3S2. The van der Waals surface area contributed by atoms with Crippen molar-refractivity contribution < 1.29 is 13.2 Å². The average molecular weight is 287 g/mol. The number of carbonyl (C=O) groups is 1. The number of nitrogens with zero attached hydrogens (tertiary/aromatic N) is 1. The van der Waals surface area contributed by atoms with Gasteiger partial charge in [-0.05, 0) is 26.2 Å². The van der Waals surface area contributed by atoms with E-state index in [0.717, 1.165) is 17.8 Å². The number of ketones is 1. The summed E-state index contributed by atoms with van der Waals surface area (Å²) in [7, 11) is -3.03. The molecular weight excluding hydrogens is 270 g/mol. The van der Waals surface area contributed by atoms with Gasteiger partial charge >= 0.3 is 0 Å². The second-order valence-corrected chi connectivity index (χ2v) is 8.48. The molecule has 1 saturated carbocycles. The minimum Gasteiger partial charge on any atom is -0.293 e. The molecule has 0 bridgehead atoms. The Balaban J connectivity index is 2.12. The Morgan fingerprint density at radius 3 is 2.72 bits per heavy atom. The van der Waals surface area contributed by atoms with Gasteiger partial charge in [0, 0.05) is 18.4 Å². The summed E-state index contributed by atoms with van der Waals surface area (Å²) in [6, 6.07) is 0. The van der Waals surface area contributed by atoms with Gasteiger partial charge in [0.1, 0.15) is 9.84 Å². The molecule has 0 aromatic carbocycles. The molecule has 0 amide bonds. The second kappa shape index (κ2) is 5.09. The van der Waals surface area contributed by atoms with E-state index < -0.39 is 9.84 Å². The first-order chi connectivity index (χ1) is 8.38. The van der Waals surface area contributed by atoms with Crippen LogP contribution in [0.1, 0.15) is 40.4 Å². The van der Waals surface area contributed by atoms with Crippen molar-refractivity contribution in [2.75, 3.05) is 6.26 Å². The number of thiazole rings is 1. The van der Waals surface area contributed by atoms with Gasteiger partial charge in [0.25, 0.3) is 0 Å². The molecule has 1 aliphatic carbocycles. The maximum absolute atomic E-state index is 12.3. The Morgan fingerprint density at radius 2 is 2.17 bits per heavy atom. The maximum Gasteiger partial charge on any atom is 0.177 e. The van der Waals surface area contributed by atoms with E-state index >= 15 is 0 Å². The molecule has 2 rings (SSSR count). The van der Waals surface area contributed by atoms with Gasteiger partial charge < -0.3 is 0 Å². The lowest BCUT2D eigenvalue weighted by molar-refractivity contribution is 0.0895. The zero-order chi connectivity index (χ0) is 13.3. The predicted molar refractivity (Wildman–Crippen MR) is 71.8 cm³/mol. The molecule has 1 aromatic heterocycles. The lowest BCUT2D eigenvalue weighted by Crippen LogP contribution is -2.30. The zero-order valence-electron chi connectivity index (χ0n) is 10.5. The van der Waals surface area contributed by atoms with Gasteiger partial charge in [-0.3, -0.25) is 4.79 Å². The van der Waals surface area contributed by atoms with E-state index in [1.54, 1.807) is 6.20 Å². The standard InChI is InChI=1S/C12H17NO3S2/c1-8-13-7-11(17-8)12(14)9-4-3-5-10(6-9)18(2,15)16/h7,9-10H,3-6H2,1-2H3. The summed E-state index contributed by atoms with van der Waals surface area (Å²) in [5.74, 6) is -0.0905. The van der Waals surface area contributed by atoms with Crippen molar-refractivity contribution >= 4 is 27.0 Å². The maximum atomic E-state index is 12.3. The van der Waals surface area contributed by atoms with Crippen LogP contribution in [0.4, 0.5) is 0 Å². The molecule has 1 heterocycles. The Kier molecular flexibility index (Phi) is 3.87. The third-order valence-electron chi connectivity index (χ3n) is 3.47. The van der Waals surface area contributed by atoms with Gasteiger partial charge in [0.05, 0.1) is 15.1 Å². The second-order valence-electron chi connectivity index (χ2n) is 4.92. The van der Waals surface area contributed by atoms with Crippen molar-refractivity contribution in [1.82, 2.24) is 4.98 Å². The Labute approximate surface area is 111 Å². The lowest BCUT2D eigenvalue weighted by atomic mass is 9.85. The van der Waals surface area contributed by atoms with Crippen LogP contribution in [0.2, 0.25) is 0 Å². The Bertz CT molecular complexity index is 547. The highest BCUT2D eigenvalue weighted by Gasteiger charge is 2.33. The summed E-state index contributed by atoms with van der Waals surface area (Å²) >= 11 is 1.39. The largest absolute Gasteiger partial charge is 0.293 e. The summed E-state index contributed by atoms with van der Waals surface area (Å²) in [5, 5.41) is 0.517. The van der Waals surface area contributed by atoms with Crippen LogP contribution >= 0.6 is 11.3 Å². The van der Waals surface area contributed by atoms with E-state index in [1.165, 1.54) is 17.6 Å². The van der Waals surface area contributed by atoms with E-state index in [-0.39, 0.29) is 17.0 Å². The quantitative estimate of drug-likeness (QED) is 0.800. The van der Waals surface area contributed by atoms with Crippen LogP contribution < -0.4 is 0 Å². The average Bonchev–Trinajstić information content (AvgIpc) is 2.74. The number of Topliss-reactive ketones (excluding diaryl/α,β-unsaturated/α-hetero) is 1. The molecule has 2 unspecified atom stereocenters. The van der Waals surface area contributed by atoms with Crippen LogP contribution in [0.25, 0.3) is 0 Å². The van der Waals surface area contributed by atoms with E-state index in [9.17, 15) is 13.2 Å². The number of sulfone groups is 1. The number of aromatic nitrogens is 1. The number of hydrogen-bond donors (Lipinski definition) is 0. The molecule has 0 N–H and O–H groups in total. The lowest BCUT2D eigenvalue weighted by Gasteiger charge is -2.26. The predicted octanol–water partition coefficient (Wildman–Crippen LogP) is 2.24. The first kappa shape index (κ1) is 13.7. The van der Waals surface area contributed by atoms with Crippen LogP contribution in [0.5, 0.6) is 0 Å². The van der Waals surface area contributed by atoms with Crippen LogP contribution in [0.15, 0.2) is 6.20 Å². The van der Waals surface area contributed by atoms with E-state index in [2.05, 4.69) is 4.98 Å². The molecule has 0 spiro atoms. The monoisotopic (exact) mass is 287 g/mol. The van der Waals surface area contributed by atoms with Crippen molar-refractivity contribution in [1.29, 1.82) is 0 Å². The molecule has 0 saturated heterocycles. The summed E-state index contributed by atoms with van der Waals surface area (Å²) in [4.78, 5) is 17.0. The minimum atomic E-state index is -3.03. The molecule has 100 valence electrons. The van der Waals surface area contributed by atoms with E-state index in [1.807, 2.05) is 6.92 Å². The highest BCUT2D eigenvalue weighted by molar-refractivity contribution is 7.91. The summed E-state index contributed by atoms with van der Waals surface area (Å²) in [6.07, 6.45) is 5.63. The molecule has 1 aromatic rings. The topological polar surface area (TPSA) is 64.1 Å². The first-order valence-corrected chi connectivity index (χ1v) is 8.80. The van der Waals surface area contributed by atoms with Crippen LogP contribution in [-0.2, 0) is 9.84 Å². The van der Waals surface area contributed by atoms with Gasteiger partial charge in [0.15, 0.2) is 5.78 Å². The summed E-state index contributed by atoms with van der Waals surface area (Å²) < 4.78 is 23.1. The van der Waals surface area contributed by atoms with Gasteiger partial charge in [-0.1, -0.05) is 6.42 Å². The number of hydrogen-bond acceptors (Lipinski definition) is 5. The molecule has 6 heteroatoms. The van der Waals surface area contributed by atoms with Gasteiger partial charge in [-0.15, -0.1) is 11.3 Å². The van der Waals surface area contributed by atoms with Crippen molar-refractivity contribution in [3.63, 3.8) is 0 Å². The zero-order valence-corrected chi connectivity index (χ0v) is 12.2. The van der Waals surface area contributed by atoms with Crippen molar-refractivity contribution in [3.8, 4) is 0 Å². The van der Waals surface area contributed by atoms with Crippen molar-refractivity contribution in [3.05, 3.63) is 16.1 Å². The number of carbonyl (C=O) groups excluding carboxylic acids is 1. The Morgan fingerprint density at radius 1 is 1.44 bits per heavy atom. The SMILES string of the molecule is Cc1ncc(C(=O)C2CCCC(S(C)(=O)=O)C2)s1.